The van der Waals surface area contributed by atoms with Gasteiger partial charge in [0, 0.05) is 43.8 Å². The Balaban J connectivity index is 1.11. The lowest BCUT2D eigenvalue weighted by Gasteiger charge is -2.36. The van der Waals surface area contributed by atoms with Crippen LogP contribution in [-0.2, 0) is 6.42 Å². The van der Waals surface area contributed by atoms with Crippen LogP contribution in [-0.4, -0.2) is 65.8 Å². The van der Waals surface area contributed by atoms with Gasteiger partial charge in [-0.3, -0.25) is 4.90 Å². The fourth-order valence-corrected chi connectivity index (χ4v) is 4.85. The summed E-state index contributed by atoms with van der Waals surface area (Å²) in [7, 11) is 0. The number of carbonyl (C=O) groups excluding carboxylic acids is 1. The van der Waals surface area contributed by atoms with Gasteiger partial charge in [-0.25, -0.2) is 9.78 Å². The molecule has 0 saturated carbocycles. The van der Waals surface area contributed by atoms with E-state index in [2.05, 4.69) is 69.5 Å². The van der Waals surface area contributed by atoms with Crippen molar-refractivity contribution >= 4 is 22.8 Å². The molecule has 8 heteroatoms. The predicted octanol–water partition coefficient (Wildman–Crippen LogP) is 5.88. The Morgan fingerprint density at radius 1 is 0.950 bits per heavy atom. The third kappa shape index (κ3) is 6.93. The third-order valence-corrected chi connectivity index (χ3v) is 7.03. The van der Waals surface area contributed by atoms with E-state index in [9.17, 15) is 4.79 Å². The summed E-state index contributed by atoms with van der Waals surface area (Å²) in [4.78, 5) is 25.3. The molecule has 0 atom stereocenters. The first-order valence-electron chi connectivity index (χ1n) is 14.1. The molecule has 40 heavy (non-hydrogen) atoms. The lowest BCUT2D eigenvalue weighted by molar-refractivity contribution is 0.190. The number of rotatable bonds is 8. The number of fused-ring (bicyclic) bond motifs is 1. The summed E-state index contributed by atoms with van der Waals surface area (Å²) in [5, 5.41) is 2.78. The molecule has 210 valence electrons. The number of piperazine rings is 1. The van der Waals surface area contributed by atoms with Crippen molar-refractivity contribution in [3.63, 3.8) is 0 Å². The van der Waals surface area contributed by atoms with Gasteiger partial charge >= 0.3 is 6.09 Å². The molecule has 8 nitrogen and oxygen atoms in total. The van der Waals surface area contributed by atoms with Crippen LogP contribution in [0.3, 0.4) is 0 Å². The highest BCUT2D eigenvalue weighted by Gasteiger charge is 2.20. The second-order valence-electron chi connectivity index (χ2n) is 11.2. The topological polar surface area (TPSA) is 82.7 Å². The lowest BCUT2D eigenvalue weighted by Crippen LogP contribution is -2.47. The Hall–Kier alpha value is -4.04. The van der Waals surface area contributed by atoms with E-state index in [-0.39, 0.29) is 5.54 Å². The predicted molar refractivity (Wildman–Crippen MR) is 160 cm³/mol. The number of hydrogen-bond acceptors (Lipinski definition) is 6. The minimum absolute atomic E-state index is 0.344. The molecule has 1 amide bonds. The summed E-state index contributed by atoms with van der Waals surface area (Å²) in [6, 6.07) is 22.2. The van der Waals surface area contributed by atoms with Gasteiger partial charge in [-0.05, 0) is 69.2 Å². The highest BCUT2D eigenvalue weighted by molar-refractivity contribution is 5.91. The standard InChI is InChI=1S/C32H39N5O3/c1-5-23-9-11-24(12-10-23)30-33-27-7-6-8-28(29(27)34-30)37-19-17-36(18-20-37)21-22-39-25-13-15-26(16-14-25)40-31(38)35-32(2,3)4/h6-16H,5,17-22H2,1-4H3,(H,33,34)(H,35,38). The van der Waals surface area contributed by atoms with Crippen molar-refractivity contribution < 1.29 is 14.3 Å². The average molecular weight is 542 g/mol. The summed E-state index contributed by atoms with van der Waals surface area (Å²) in [5.41, 5.74) is 5.36. The monoisotopic (exact) mass is 541 g/mol. The van der Waals surface area contributed by atoms with E-state index in [1.54, 1.807) is 12.1 Å². The molecule has 1 saturated heterocycles. The van der Waals surface area contributed by atoms with Crippen LogP contribution in [0.5, 0.6) is 11.5 Å². The van der Waals surface area contributed by atoms with Crippen LogP contribution in [0, 0.1) is 0 Å². The quantitative estimate of drug-likeness (QED) is 0.290. The second-order valence-corrected chi connectivity index (χ2v) is 11.2. The van der Waals surface area contributed by atoms with E-state index in [0.29, 0.717) is 12.4 Å². The number of ether oxygens (including phenoxy) is 2. The van der Waals surface area contributed by atoms with Crippen LogP contribution in [0.4, 0.5) is 10.5 Å². The van der Waals surface area contributed by atoms with Crippen molar-refractivity contribution in [1.82, 2.24) is 20.2 Å². The number of carbonyl (C=O) groups is 1. The smallest absolute Gasteiger partial charge is 0.413 e. The first-order valence-corrected chi connectivity index (χ1v) is 14.1. The summed E-state index contributed by atoms with van der Waals surface area (Å²) in [5.74, 6) is 2.15. The van der Waals surface area contributed by atoms with Crippen LogP contribution in [0.1, 0.15) is 33.3 Å². The number of para-hydroxylation sites is 1. The maximum absolute atomic E-state index is 11.9. The maximum atomic E-state index is 11.9. The van der Waals surface area contributed by atoms with Gasteiger partial charge in [-0.1, -0.05) is 37.3 Å². The van der Waals surface area contributed by atoms with Gasteiger partial charge in [0.05, 0.1) is 11.2 Å². The Labute approximate surface area is 236 Å². The van der Waals surface area contributed by atoms with Crippen LogP contribution < -0.4 is 19.7 Å². The van der Waals surface area contributed by atoms with Gasteiger partial charge in [-0.2, -0.15) is 0 Å². The van der Waals surface area contributed by atoms with Gasteiger partial charge in [0.25, 0.3) is 0 Å². The molecule has 2 N–H and O–H groups in total. The van der Waals surface area contributed by atoms with Crippen molar-refractivity contribution in [2.24, 2.45) is 0 Å². The van der Waals surface area contributed by atoms with Crippen LogP contribution in [0.15, 0.2) is 66.7 Å². The number of benzene rings is 3. The molecule has 0 aliphatic carbocycles. The number of aromatic nitrogens is 2. The fourth-order valence-electron chi connectivity index (χ4n) is 4.85. The molecule has 0 unspecified atom stereocenters. The largest absolute Gasteiger partial charge is 0.492 e. The first kappa shape index (κ1) is 27.5. The zero-order valence-corrected chi connectivity index (χ0v) is 23.9. The molecule has 1 aliphatic rings. The van der Waals surface area contributed by atoms with Gasteiger partial charge in [0.1, 0.15) is 29.4 Å². The van der Waals surface area contributed by atoms with Gasteiger partial charge in [0.15, 0.2) is 0 Å². The Bertz CT molecular complexity index is 1420. The Morgan fingerprint density at radius 2 is 1.65 bits per heavy atom. The number of H-pyrrole nitrogens is 1. The lowest BCUT2D eigenvalue weighted by atomic mass is 10.1. The number of imidazole rings is 1. The van der Waals surface area contributed by atoms with Crippen LogP contribution in [0.25, 0.3) is 22.4 Å². The van der Waals surface area contributed by atoms with Gasteiger partial charge < -0.3 is 24.7 Å². The number of nitrogens with one attached hydrogen (secondary N) is 2. The second kappa shape index (κ2) is 12.0. The minimum Gasteiger partial charge on any atom is -0.492 e. The molecule has 0 spiro atoms. The zero-order chi connectivity index (χ0) is 28.1. The van der Waals surface area contributed by atoms with Crippen LogP contribution >= 0.6 is 0 Å². The number of anilines is 1. The van der Waals surface area contributed by atoms with E-state index >= 15 is 0 Å². The molecule has 0 radical (unpaired) electrons. The molecule has 4 aromatic rings. The van der Waals surface area contributed by atoms with Crippen molar-refractivity contribution in [3.05, 3.63) is 72.3 Å². The molecule has 1 aromatic heterocycles. The highest BCUT2D eigenvalue weighted by Crippen LogP contribution is 2.29. The summed E-state index contributed by atoms with van der Waals surface area (Å²) in [6.07, 6.45) is 0.566. The van der Waals surface area contributed by atoms with E-state index in [4.69, 9.17) is 14.5 Å². The van der Waals surface area contributed by atoms with E-state index in [1.165, 1.54) is 11.3 Å². The average Bonchev–Trinajstić information content (AvgIpc) is 3.38. The molecule has 3 aromatic carbocycles. The Kier molecular flexibility index (Phi) is 8.26. The molecular formula is C32H39N5O3. The highest BCUT2D eigenvalue weighted by atomic mass is 16.6. The maximum Gasteiger partial charge on any atom is 0.413 e. The van der Waals surface area contributed by atoms with Crippen LogP contribution in [0.2, 0.25) is 0 Å². The molecule has 0 bridgehead atoms. The molecule has 1 aliphatic heterocycles. The molecule has 1 fully saturated rings. The Morgan fingerprint density at radius 3 is 2.33 bits per heavy atom. The SMILES string of the molecule is CCc1ccc(-c2nc3c(N4CCN(CCOc5ccc(OC(=O)NC(C)(C)C)cc5)CC4)cccc3[nH]2)cc1. The molecular weight excluding hydrogens is 502 g/mol. The number of hydrogen-bond donors (Lipinski definition) is 2. The van der Waals surface area contributed by atoms with E-state index in [0.717, 1.165) is 67.3 Å². The van der Waals surface area contributed by atoms with Crippen molar-refractivity contribution in [2.45, 2.75) is 39.7 Å². The summed E-state index contributed by atoms with van der Waals surface area (Å²) in [6.45, 7) is 13.2. The number of nitrogens with zero attached hydrogens (tertiary/aromatic N) is 3. The van der Waals surface area contributed by atoms with E-state index in [1.807, 2.05) is 32.9 Å². The van der Waals surface area contributed by atoms with Gasteiger partial charge in [0.2, 0.25) is 0 Å². The van der Waals surface area contributed by atoms with Crippen molar-refractivity contribution in [3.8, 4) is 22.9 Å². The first-order chi connectivity index (χ1) is 19.3. The van der Waals surface area contributed by atoms with Gasteiger partial charge in [-0.15, -0.1) is 0 Å². The van der Waals surface area contributed by atoms with Crippen molar-refractivity contribution in [1.29, 1.82) is 0 Å². The zero-order valence-electron chi connectivity index (χ0n) is 23.9. The summed E-state index contributed by atoms with van der Waals surface area (Å²) >= 11 is 0. The molecule has 2 heterocycles. The normalized spacial score (nSPS) is 14.3. The van der Waals surface area contributed by atoms with Crippen molar-refractivity contribution in [2.75, 3.05) is 44.2 Å². The molecule has 5 rings (SSSR count). The fraction of sp³-hybridized carbons (Fsp3) is 0.375. The number of aryl methyl sites for hydroxylation is 1. The number of amides is 1. The summed E-state index contributed by atoms with van der Waals surface area (Å²) < 4.78 is 11.3. The third-order valence-electron chi connectivity index (χ3n) is 7.03. The van der Waals surface area contributed by atoms with E-state index < -0.39 is 6.09 Å². The minimum atomic E-state index is -0.467. The number of aromatic amines is 1.